The highest BCUT2D eigenvalue weighted by molar-refractivity contribution is 5.90. The van der Waals surface area contributed by atoms with Gasteiger partial charge in [0.15, 0.2) is 0 Å². The fourth-order valence-electron chi connectivity index (χ4n) is 2.28. The van der Waals surface area contributed by atoms with Crippen LogP contribution in [-0.2, 0) is 6.42 Å². The van der Waals surface area contributed by atoms with E-state index in [1.165, 1.54) is 0 Å². The molecule has 0 bridgehead atoms. The lowest BCUT2D eigenvalue weighted by molar-refractivity contribution is 0.0927. The van der Waals surface area contributed by atoms with Gasteiger partial charge in [-0.05, 0) is 24.2 Å². The largest absolute Gasteiger partial charge is 0.349 e. The normalized spacial score (nSPS) is 11.6. The SMILES string of the molecule is CCCc1nc(C(=O)NCC(C(C)C)C(C)C)n[nH]1. The maximum Gasteiger partial charge on any atom is 0.290 e. The highest BCUT2D eigenvalue weighted by Gasteiger charge is 2.19. The molecule has 1 heterocycles. The molecule has 5 nitrogen and oxygen atoms in total. The van der Waals surface area contributed by atoms with Gasteiger partial charge in [0, 0.05) is 13.0 Å². The van der Waals surface area contributed by atoms with E-state index in [2.05, 4.69) is 55.1 Å². The number of aryl methyl sites for hydroxylation is 1. The van der Waals surface area contributed by atoms with Gasteiger partial charge in [0.25, 0.3) is 5.91 Å². The van der Waals surface area contributed by atoms with Gasteiger partial charge in [-0.1, -0.05) is 34.6 Å². The molecule has 0 atom stereocenters. The minimum Gasteiger partial charge on any atom is -0.349 e. The number of aromatic amines is 1. The van der Waals surface area contributed by atoms with E-state index in [1.54, 1.807) is 0 Å². The van der Waals surface area contributed by atoms with Gasteiger partial charge in [0.05, 0.1) is 0 Å². The van der Waals surface area contributed by atoms with Crippen molar-refractivity contribution in [3.05, 3.63) is 11.6 Å². The Hall–Kier alpha value is -1.39. The molecule has 0 aliphatic heterocycles. The molecular formula is C14H26N4O. The summed E-state index contributed by atoms with van der Waals surface area (Å²) in [5.41, 5.74) is 0. The van der Waals surface area contributed by atoms with E-state index in [9.17, 15) is 4.79 Å². The zero-order valence-corrected chi connectivity index (χ0v) is 12.7. The smallest absolute Gasteiger partial charge is 0.290 e. The highest BCUT2D eigenvalue weighted by atomic mass is 16.2. The fourth-order valence-corrected chi connectivity index (χ4v) is 2.28. The van der Waals surface area contributed by atoms with Crippen LogP contribution in [0.1, 0.15) is 57.5 Å². The van der Waals surface area contributed by atoms with Gasteiger partial charge >= 0.3 is 0 Å². The summed E-state index contributed by atoms with van der Waals surface area (Å²) < 4.78 is 0. The van der Waals surface area contributed by atoms with E-state index in [1.807, 2.05) is 0 Å². The van der Waals surface area contributed by atoms with Gasteiger partial charge in [-0.2, -0.15) is 0 Å². The second-order valence-electron chi connectivity index (χ2n) is 5.72. The number of carbonyl (C=O) groups excluding carboxylic acids is 1. The third-order valence-electron chi connectivity index (χ3n) is 3.43. The Balaban J connectivity index is 2.54. The lowest BCUT2D eigenvalue weighted by Crippen LogP contribution is -2.34. The Morgan fingerprint density at radius 2 is 1.89 bits per heavy atom. The topological polar surface area (TPSA) is 70.7 Å². The standard InChI is InChI=1S/C14H26N4O/c1-6-7-12-16-13(18-17-12)14(19)15-8-11(9(2)3)10(4)5/h9-11H,6-8H2,1-5H3,(H,15,19)(H,16,17,18). The minimum atomic E-state index is -0.190. The van der Waals surface area contributed by atoms with Crippen molar-refractivity contribution in [3.63, 3.8) is 0 Å². The Morgan fingerprint density at radius 3 is 2.42 bits per heavy atom. The summed E-state index contributed by atoms with van der Waals surface area (Å²) in [5.74, 6) is 2.39. The average Bonchev–Trinajstić information content (AvgIpc) is 2.77. The van der Waals surface area contributed by atoms with E-state index in [0.29, 0.717) is 24.3 Å². The fraction of sp³-hybridized carbons (Fsp3) is 0.786. The van der Waals surface area contributed by atoms with Crippen LogP contribution in [0.25, 0.3) is 0 Å². The van der Waals surface area contributed by atoms with Crippen molar-refractivity contribution in [2.75, 3.05) is 6.54 Å². The second-order valence-corrected chi connectivity index (χ2v) is 5.72. The van der Waals surface area contributed by atoms with E-state index in [4.69, 9.17) is 0 Å². The number of amides is 1. The molecule has 2 N–H and O–H groups in total. The second kappa shape index (κ2) is 7.26. The monoisotopic (exact) mass is 266 g/mol. The third kappa shape index (κ3) is 4.65. The summed E-state index contributed by atoms with van der Waals surface area (Å²) in [6.45, 7) is 11.5. The lowest BCUT2D eigenvalue weighted by Gasteiger charge is -2.24. The number of hydrogen-bond donors (Lipinski definition) is 2. The van der Waals surface area contributed by atoms with Gasteiger partial charge in [-0.15, -0.1) is 5.10 Å². The Morgan fingerprint density at radius 1 is 1.26 bits per heavy atom. The van der Waals surface area contributed by atoms with Crippen molar-refractivity contribution < 1.29 is 4.79 Å². The number of nitrogens with one attached hydrogen (secondary N) is 2. The maximum atomic E-state index is 12.0. The molecule has 0 aliphatic rings. The van der Waals surface area contributed by atoms with Crippen LogP contribution in [-0.4, -0.2) is 27.6 Å². The summed E-state index contributed by atoms with van der Waals surface area (Å²) in [6, 6.07) is 0. The van der Waals surface area contributed by atoms with E-state index in [0.717, 1.165) is 18.7 Å². The molecule has 0 saturated heterocycles. The first-order valence-corrected chi connectivity index (χ1v) is 7.15. The first-order valence-electron chi connectivity index (χ1n) is 7.15. The predicted octanol–water partition coefficient (Wildman–Crippen LogP) is 2.42. The van der Waals surface area contributed by atoms with Crippen molar-refractivity contribution in [1.29, 1.82) is 0 Å². The number of nitrogens with zero attached hydrogens (tertiary/aromatic N) is 2. The summed E-state index contributed by atoms with van der Waals surface area (Å²) in [5, 5.41) is 9.69. The predicted molar refractivity (Wildman–Crippen MR) is 75.9 cm³/mol. The molecule has 108 valence electrons. The Labute approximate surface area is 115 Å². The average molecular weight is 266 g/mol. The quantitative estimate of drug-likeness (QED) is 0.796. The Kier molecular flexibility index (Phi) is 5.99. The molecule has 0 saturated carbocycles. The molecule has 0 aromatic carbocycles. The minimum absolute atomic E-state index is 0.190. The molecule has 0 radical (unpaired) electrons. The van der Waals surface area contributed by atoms with Gasteiger partial charge in [0.1, 0.15) is 5.82 Å². The first kappa shape index (κ1) is 15.7. The van der Waals surface area contributed by atoms with Gasteiger partial charge in [0.2, 0.25) is 5.82 Å². The molecule has 0 fully saturated rings. The molecule has 0 unspecified atom stereocenters. The first-order chi connectivity index (χ1) is 8.95. The van der Waals surface area contributed by atoms with Crippen molar-refractivity contribution in [2.24, 2.45) is 17.8 Å². The number of H-pyrrole nitrogens is 1. The number of hydrogen-bond acceptors (Lipinski definition) is 3. The molecule has 0 spiro atoms. The van der Waals surface area contributed by atoms with Crippen LogP contribution in [0.2, 0.25) is 0 Å². The summed E-state index contributed by atoms with van der Waals surface area (Å²) >= 11 is 0. The third-order valence-corrected chi connectivity index (χ3v) is 3.43. The number of aromatic nitrogens is 3. The molecule has 1 aromatic rings. The zero-order valence-electron chi connectivity index (χ0n) is 12.7. The number of carbonyl (C=O) groups is 1. The molecule has 5 heteroatoms. The maximum absolute atomic E-state index is 12.0. The van der Waals surface area contributed by atoms with Crippen LogP contribution >= 0.6 is 0 Å². The van der Waals surface area contributed by atoms with Gasteiger partial charge < -0.3 is 5.32 Å². The summed E-state index contributed by atoms with van der Waals surface area (Å²) in [6.07, 6.45) is 1.81. The van der Waals surface area contributed by atoms with E-state index in [-0.39, 0.29) is 11.7 Å². The zero-order chi connectivity index (χ0) is 14.4. The van der Waals surface area contributed by atoms with Gasteiger partial charge in [-0.25, -0.2) is 4.98 Å². The van der Waals surface area contributed by atoms with Crippen molar-refractivity contribution >= 4 is 5.91 Å². The molecule has 1 rings (SSSR count). The molecule has 1 amide bonds. The Bertz CT molecular complexity index is 390. The molecule has 19 heavy (non-hydrogen) atoms. The van der Waals surface area contributed by atoms with Crippen LogP contribution in [0.5, 0.6) is 0 Å². The van der Waals surface area contributed by atoms with Crippen LogP contribution < -0.4 is 5.32 Å². The van der Waals surface area contributed by atoms with Crippen LogP contribution in [0.15, 0.2) is 0 Å². The van der Waals surface area contributed by atoms with Crippen LogP contribution in [0.4, 0.5) is 0 Å². The highest BCUT2D eigenvalue weighted by Crippen LogP contribution is 2.19. The number of rotatable bonds is 7. The molecule has 0 aliphatic carbocycles. The van der Waals surface area contributed by atoms with Crippen LogP contribution in [0, 0.1) is 17.8 Å². The van der Waals surface area contributed by atoms with Gasteiger partial charge in [-0.3, -0.25) is 9.89 Å². The molecule has 1 aromatic heterocycles. The molecular weight excluding hydrogens is 240 g/mol. The van der Waals surface area contributed by atoms with Crippen molar-refractivity contribution in [2.45, 2.75) is 47.5 Å². The van der Waals surface area contributed by atoms with E-state index < -0.39 is 0 Å². The summed E-state index contributed by atoms with van der Waals surface area (Å²) in [7, 11) is 0. The van der Waals surface area contributed by atoms with E-state index >= 15 is 0 Å². The van der Waals surface area contributed by atoms with Crippen LogP contribution in [0.3, 0.4) is 0 Å². The lowest BCUT2D eigenvalue weighted by atomic mass is 9.85. The summed E-state index contributed by atoms with van der Waals surface area (Å²) in [4.78, 5) is 16.1. The van der Waals surface area contributed by atoms with Crippen molar-refractivity contribution in [3.8, 4) is 0 Å². The van der Waals surface area contributed by atoms with Crippen molar-refractivity contribution in [1.82, 2.24) is 20.5 Å².